The van der Waals surface area contributed by atoms with E-state index in [9.17, 15) is 26.7 Å². The number of halogens is 3. The van der Waals surface area contributed by atoms with Crippen LogP contribution in [0, 0.1) is 5.41 Å². The summed E-state index contributed by atoms with van der Waals surface area (Å²) in [6.07, 6.45) is -0.848. The summed E-state index contributed by atoms with van der Waals surface area (Å²) in [6, 6.07) is 4.74. The minimum absolute atomic E-state index is 0.0616. The number of sulfone groups is 1. The van der Waals surface area contributed by atoms with E-state index in [0.29, 0.717) is 0 Å². The Bertz CT molecular complexity index is 591. The zero-order chi connectivity index (χ0) is 16.5. The zero-order valence-electron chi connectivity index (χ0n) is 11.9. The summed E-state index contributed by atoms with van der Waals surface area (Å²) in [7, 11) is -5.43. The fourth-order valence-corrected chi connectivity index (χ4v) is 2.42. The maximum atomic E-state index is 12.6. The van der Waals surface area contributed by atoms with Crippen molar-refractivity contribution < 1.29 is 26.7 Å². The summed E-state index contributed by atoms with van der Waals surface area (Å²) in [5.74, 6) is 0. The number of anilines is 1. The lowest BCUT2D eigenvalue weighted by atomic mass is 9.89. The van der Waals surface area contributed by atoms with Gasteiger partial charge in [0.2, 0.25) is 0 Å². The van der Waals surface area contributed by atoms with Gasteiger partial charge in [0.05, 0.1) is 16.7 Å². The van der Waals surface area contributed by atoms with Crippen LogP contribution in [-0.4, -0.2) is 31.7 Å². The molecule has 0 amide bonds. The standard InChI is InChI=1S/C13H18F3NO3S/c1-12(2,3)11(18)8-17-9-6-4-5-7-10(9)21(19,20)13(14,15)16/h4-7,11,17-18H,8H2,1-3H3. The number of hydrogen-bond acceptors (Lipinski definition) is 4. The second-order valence-corrected chi connectivity index (χ2v) is 7.62. The van der Waals surface area contributed by atoms with Gasteiger partial charge < -0.3 is 10.4 Å². The maximum absolute atomic E-state index is 12.6. The van der Waals surface area contributed by atoms with Gasteiger partial charge in [0, 0.05) is 6.54 Å². The van der Waals surface area contributed by atoms with E-state index in [1.165, 1.54) is 18.2 Å². The molecular weight excluding hydrogens is 307 g/mol. The van der Waals surface area contributed by atoms with Gasteiger partial charge in [-0.05, 0) is 17.5 Å². The Hall–Kier alpha value is -1.28. The molecule has 1 aromatic carbocycles. The Kier molecular flexibility index (Phi) is 4.94. The summed E-state index contributed by atoms with van der Waals surface area (Å²) in [5.41, 5.74) is -6.03. The second kappa shape index (κ2) is 5.84. The number of rotatable bonds is 4. The highest BCUT2D eigenvalue weighted by atomic mass is 32.2. The van der Waals surface area contributed by atoms with E-state index in [4.69, 9.17) is 0 Å². The summed E-state index contributed by atoms with van der Waals surface area (Å²) >= 11 is 0. The van der Waals surface area contributed by atoms with Crippen LogP contribution < -0.4 is 5.32 Å². The highest BCUT2D eigenvalue weighted by molar-refractivity contribution is 7.92. The van der Waals surface area contributed by atoms with Crippen LogP contribution in [0.1, 0.15) is 20.8 Å². The zero-order valence-corrected chi connectivity index (χ0v) is 12.7. The molecule has 1 rings (SSSR count). The average Bonchev–Trinajstić information content (AvgIpc) is 2.33. The van der Waals surface area contributed by atoms with Gasteiger partial charge in [-0.2, -0.15) is 13.2 Å². The van der Waals surface area contributed by atoms with Crippen molar-refractivity contribution >= 4 is 15.5 Å². The molecule has 4 nitrogen and oxygen atoms in total. The molecule has 0 heterocycles. The number of para-hydroxylation sites is 1. The molecule has 0 spiro atoms. The number of hydrogen-bond donors (Lipinski definition) is 2. The lowest BCUT2D eigenvalue weighted by molar-refractivity contribution is -0.0435. The van der Waals surface area contributed by atoms with E-state index in [1.54, 1.807) is 20.8 Å². The Balaban J connectivity index is 3.08. The van der Waals surface area contributed by atoms with Crippen LogP contribution in [-0.2, 0) is 9.84 Å². The SMILES string of the molecule is CC(C)(C)C(O)CNc1ccccc1S(=O)(=O)C(F)(F)F. The third-order valence-corrected chi connectivity index (χ3v) is 4.51. The number of aliphatic hydroxyl groups is 1. The Morgan fingerprint density at radius 1 is 1.19 bits per heavy atom. The van der Waals surface area contributed by atoms with Crippen LogP contribution in [0.25, 0.3) is 0 Å². The molecule has 0 bridgehead atoms. The highest BCUT2D eigenvalue weighted by Gasteiger charge is 2.47. The molecule has 1 unspecified atom stereocenters. The molecule has 0 fully saturated rings. The molecule has 0 aromatic heterocycles. The topological polar surface area (TPSA) is 66.4 Å². The van der Waals surface area contributed by atoms with Gasteiger partial charge in [0.25, 0.3) is 9.84 Å². The Morgan fingerprint density at radius 3 is 2.19 bits per heavy atom. The first-order valence-electron chi connectivity index (χ1n) is 6.19. The van der Waals surface area contributed by atoms with Crippen LogP contribution >= 0.6 is 0 Å². The molecule has 0 aliphatic rings. The van der Waals surface area contributed by atoms with Gasteiger partial charge in [-0.15, -0.1) is 0 Å². The third kappa shape index (κ3) is 4.10. The molecule has 2 N–H and O–H groups in total. The number of nitrogens with one attached hydrogen (secondary N) is 1. The lowest BCUT2D eigenvalue weighted by Crippen LogP contribution is -2.33. The summed E-state index contributed by atoms with van der Waals surface area (Å²) < 4.78 is 60.8. The van der Waals surface area contributed by atoms with Gasteiger partial charge in [-0.1, -0.05) is 32.9 Å². The Labute approximate surface area is 121 Å². The predicted octanol–water partition coefficient (Wildman–Crippen LogP) is 2.80. The van der Waals surface area contributed by atoms with E-state index in [1.807, 2.05) is 0 Å². The van der Waals surface area contributed by atoms with Crippen molar-refractivity contribution in [3.05, 3.63) is 24.3 Å². The van der Waals surface area contributed by atoms with Gasteiger partial charge in [0.15, 0.2) is 0 Å². The molecule has 8 heteroatoms. The first-order valence-corrected chi connectivity index (χ1v) is 7.68. The highest BCUT2D eigenvalue weighted by Crippen LogP contribution is 2.34. The van der Waals surface area contributed by atoms with Crippen LogP contribution in [0.4, 0.5) is 18.9 Å². The summed E-state index contributed by atoms with van der Waals surface area (Å²) in [5, 5.41) is 12.4. The van der Waals surface area contributed by atoms with Crippen LogP contribution in [0.5, 0.6) is 0 Å². The quantitative estimate of drug-likeness (QED) is 0.893. The summed E-state index contributed by atoms with van der Waals surface area (Å²) in [4.78, 5) is -0.849. The molecule has 21 heavy (non-hydrogen) atoms. The third-order valence-electron chi connectivity index (χ3n) is 2.97. The second-order valence-electron chi connectivity index (χ2n) is 5.71. The first kappa shape index (κ1) is 17.8. The lowest BCUT2D eigenvalue weighted by Gasteiger charge is -2.26. The predicted molar refractivity (Wildman–Crippen MR) is 73.6 cm³/mol. The monoisotopic (exact) mass is 325 g/mol. The number of alkyl halides is 3. The number of benzene rings is 1. The minimum atomic E-state index is -5.43. The molecular formula is C13H18F3NO3S. The van der Waals surface area contributed by atoms with E-state index in [0.717, 1.165) is 6.07 Å². The van der Waals surface area contributed by atoms with Crippen molar-refractivity contribution in [1.82, 2.24) is 0 Å². The molecule has 0 saturated carbocycles. The van der Waals surface area contributed by atoms with Crippen molar-refractivity contribution in [1.29, 1.82) is 0 Å². The smallest absolute Gasteiger partial charge is 0.391 e. The Morgan fingerprint density at radius 2 is 1.71 bits per heavy atom. The molecule has 0 saturated heterocycles. The van der Waals surface area contributed by atoms with Crippen molar-refractivity contribution in [2.24, 2.45) is 5.41 Å². The van der Waals surface area contributed by atoms with E-state index in [-0.39, 0.29) is 12.2 Å². The van der Waals surface area contributed by atoms with Crippen LogP contribution in [0.3, 0.4) is 0 Å². The van der Waals surface area contributed by atoms with Crippen molar-refractivity contribution in [3.8, 4) is 0 Å². The molecule has 0 radical (unpaired) electrons. The fourth-order valence-electron chi connectivity index (χ4n) is 1.48. The average molecular weight is 325 g/mol. The number of aliphatic hydroxyl groups excluding tert-OH is 1. The first-order chi connectivity index (χ1) is 9.37. The van der Waals surface area contributed by atoms with Crippen LogP contribution in [0.15, 0.2) is 29.2 Å². The normalized spacial score (nSPS) is 14.8. The molecule has 1 aromatic rings. The van der Waals surface area contributed by atoms with Gasteiger partial charge >= 0.3 is 5.51 Å². The fraction of sp³-hybridized carbons (Fsp3) is 0.538. The van der Waals surface area contributed by atoms with Crippen molar-refractivity contribution in [3.63, 3.8) is 0 Å². The minimum Gasteiger partial charge on any atom is -0.391 e. The largest absolute Gasteiger partial charge is 0.501 e. The summed E-state index contributed by atoms with van der Waals surface area (Å²) in [6.45, 7) is 5.22. The van der Waals surface area contributed by atoms with Gasteiger partial charge in [-0.3, -0.25) is 0 Å². The van der Waals surface area contributed by atoms with E-state index >= 15 is 0 Å². The molecule has 0 aliphatic heterocycles. The molecule has 1 atom stereocenters. The van der Waals surface area contributed by atoms with Gasteiger partial charge in [0.1, 0.15) is 0 Å². The van der Waals surface area contributed by atoms with Crippen LogP contribution in [0.2, 0.25) is 0 Å². The van der Waals surface area contributed by atoms with Gasteiger partial charge in [-0.25, -0.2) is 8.42 Å². The van der Waals surface area contributed by atoms with Crippen molar-refractivity contribution in [2.75, 3.05) is 11.9 Å². The maximum Gasteiger partial charge on any atom is 0.501 e. The molecule has 0 aliphatic carbocycles. The molecule has 120 valence electrons. The van der Waals surface area contributed by atoms with E-state index in [2.05, 4.69) is 5.32 Å². The van der Waals surface area contributed by atoms with E-state index < -0.39 is 31.8 Å². The van der Waals surface area contributed by atoms with Crippen molar-refractivity contribution in [2.45, 2.75) is 37.3 Å².